The van der Waals surface area contributed by atoms with E-state index in [1.54, 1.807) is 0 Å². The number of amidine groups is 2. The van der Waals surface area contributed by atoms with Crippen LogP contribution in [-0.4, -0.2) is 11.7 Å². The van der Waals surface area contributed by atoms with Crippen LogP contribution in [0.25, 0.3) is 55.0 Å². The molecule has 2 heterocycles. The Morgan fingerprint density at radius 1 is 0.489 bits per heavy atom. The number of furan rings is 1. The summed E-state index contributed by atoms with van der Waals surface area (Å²) in [5.74, 6) is 1.45. The molecule has 4 heteroatoms. The quantitative estimate of drug-likeness (QED) is 0.213. The van der Waals surface area contributed by atoms with Crippen LogP contribution in [0.4, 0.5) is 0 Å². The minimum absolute atomic E-state index is 0.313. The summed E-state index contributed by atoms with van der Waals surface area (Å²) in [7, 11) is 0. The molecule has 1 aliphatic heterocycles. The van der Waals surface area contributed by atoms with Crippen LogP contribution < -0.4 is 5.32 Å². The van der Waals surface area contributed by atoms with Gasteiger partial charge in [-0.25, -0.2) is 9.98 Å². The molecule has 7 aromatic carbocycles. The Balaban J connectivity index is 1.23. The number of para-hydroxylation sites is 1. The lowest BCUT2D eigenvalue weighted by molar-refractivity contribution is 0.668. The number of aliphatic imine (C=N–C) groups is 2. The molecule has 4 nitrogen and oxygen atoms in total. The van der Waals surface area contributed by atoms with E-state index in [1.807, 2.05) is 24.3 Å². The van der Waals surface area contributed by atoms with Crippen molar-refractivity contribution in [1.29, 1.82) is 0 Å². The van der Waals surface area contributed by atoms with Gasteiger partial charge in [-0.05, 0) is 62.9 Å². The molecule has 1 aliphatic rings. The summed E-state index contributed by atoms with van der Waals surface area (Å²) in [6.07, 6.45) is -0.313. The maximum Gasteiger partial charge on any atom is 0.159 e. The lowest BCUT2D eigenvalue weighted by atomic mass is 9.96. The van der Waals surface area contributed by atoms with Gasteiger partial charge in [0.25, 0.3) is 0 Å². The molecule has 0 amide bonds. The Morgan fingerprint density at radius 2 is 1.13 bits per heavy atom. The van der Waals surface area contributed by atoms with Crippen molar-refractivity contribution in [1.82, 2.24) is 5.32 Å². The number of hydrogen-bond donors (Lipinski definition) is 1. The van der Waals surface area contributed by atoms with Crippen molar-refractivity contribution in [3.8, 4) is 22.3 Å². The van der Waals surface area contributed by atoms with Crippen LogP contribution in [0.1, 0.15) is 22.9 Å². The molecule has 0 saturated carbocycles. The van der Waals surface area contributed by atoms with Crippen LogP contribution in [0, 0.1) is 0 Å². The first-order valence-corrected chi connectivity index (χ1v) is 15.9. The molecule has 8 aromatic rings. The second-order valence-corrected chi connectivity index (χ2v) is 11.9. The predicted octanol–water partition coefficient (Wildman–Crippen LogP) is 10.6. The average molecular weight is 604 g/mol. The van der Waals surface area contributed by atoms with Crippen molar-refractivity contribution in [3.05, 3.63) is 180 Å². The molecule has 0 radical (unpaired) electrons. The number of rotatable bonds is 5. The average Bonchev–Trinajstić information content (AvgIpc) is 3.53. The predicted molar refractivity (Wildman–Crippen MR) is 194 cm³/mol. The topological polar surface area (TPSA) is 49.9 Å². The van der Waals surface area contributed by atoms with E-state index in [1.165, 1.54) is 16.5 Å². The van der Waals surface area contributed by atoms with Crippen molar-refractivity contribution >= 4 is 44.4 Å². The number of nitrogens with zero attached hydrogens (tertiary/aromatic N) is 2. The van der Waals surface area contributed by atoms with Crippen LogP contribution in [0.2, 0.25) is 0 Å². The molecule has 0 bridgehead atoms. The van der Waals surface area contributed by atoms with Gasteiger partial charge in [0.2, 0.25) is 0 Å². The van der Waals surface area contributed by atoms with E-state index in [0.717, 1.165) is 61.0 Å². The summed E-state index contributed by atoms with van der Waals surface area (Å²) >= 11 is 0. The zero-order valence-corrected chi connectivity index (χ0v) is 25.5. The highest BCUT2D eigenvalue weighted by atomic mass is 16.3. The van der Waals surface area contributed by atoms with Gasteiger partial charge < -0.3 is 9.73 Å². The lowest BCUT2D eigenvalue weighted by Crippen LogP contribution is -2.33. The molecule has 1 unspecified atom stereocenters. The van der Waals surface area contributed by atoms with Crippen molar-refractivity contribution in [3.63, 3.8) is 0 Å². The molecule has 47 heavy (non-hydrogen) atoms. The summed E-state index contributed by atoms with van der Waals surface area (Å²) in [4.78, 5) is 10.4. The van der Waals surface area contributed by atoms with E-state index < -0.39 is 0 Å². The van der Waals surface area contributed by atoms with Gasteiger partial charge >= 0.3 is 0 Å². The Kier molecular flexibility index (Phi) is 6.50. The minimum Gasteiger partial charge on any atom is -0.456 e. The third kappa shape index (κ3) is 4.97. The van der Waals surface area contributed by atoms with Gasteiger partial charge in [-0.15, -0.1) is 0 Å². The van der Waals surface area contributed by atoms with E-state index in [2.05, 4.69) is 145 Å². The molecule has 0 fully saturated rings. The normalized spacial score (nSPS) is 14.6. The van der Waals surface area contributed by atoms with Crippen LogP contribution >= 0.6 is 0 Å². The van der Waals surface area contributed by atoms with Gasteiger partial charge in [-0.2, -0.15) is 0 Å². The summed E-state index contributed by atoms with van der Waals surface area (Å²) in [6.45, 7) is 0. The number of fused-ring (bicyclic) bond motifs is 4. The van der Waals surface area contributed by atoms with Crippen molar-refractivity contribution < 1.29 is 4.42 Å². The number of nitrogens with one attached hydrogen (secondary N) is 1. The smallest absolute Gasteiger partial charge is 0.159 e. The highest BCUT2D eigenvalue weighted by molar-refractivity contribution is 6.22. The van der Waals surface area contributed by atoms with Crippen LogP contribution in [-0.2, 0) is 0 Å². The molecular weight excluding hydrogens is 574 g/mol. The standard InChI is InChI=1S/C43H29N3O/c1-3-11-28(12-4-1)30-19-21-31(22-20-30)35-26-37(40-36-17-9-10-18-38(36)47-39(40)27-35)43-45-41(32-14-5-2-6-15-32)44-42(46-43)34-24-23-29-13-7-8-16-33(29)25-34/h1-27,41H,(H,44,45,46). The van der Waals surface area contributed by atoms with E-state index in [0.29, 0.717) is 5.84 Å². The molecule has 1 aromatic heterocycles. The van der Waals surface area contributed by atoms with Crippen molar-refractivity contribution in [2.45, 2.75) is 6.17 Å². The highest BCUT2D eigenvalue weighted by Crippen LogP contribution is 2.37. The Hall–Kier alpha value is -6.26. The van der Waals surface area contributed by atoms with Gasteiger partial charge in [0.1, 0.15) is 23.2 Å². The largest absolute Gasteiger partial charge is 0.456 e. The van der Waals surface area contributed by atoms with E-state index in [-0.39, 0.29) is 6.17 Å². The minimum atomic E-state index is -0.313. The summed E-state index contributed by atoms with van der Waals surface area (Å²) in [5, 5.41) is 8.13. The maximum atomic E-state index is 6.50. The summed E-state index contributed by atoms with van der Waals surface area (Å²) in [6, 6.07) is 57.0. The number of benzene rings is 7. The first-order chi connectivity index (χ1) is 23.3. The Bertz CT molecular complexity index is 2480. The Labute approximate surface area is 272 Å². The molecule has 0 aliphatic carbocycles. The van der Waals surface area contributed by atoms with Crippen molar-refractivity contribution in [2.24, 2.45) is 9.98 Å². The second kappa shape index (κ2) is 11.3. The van der Waals surface area contributed by atoms with Gasteiger partial charge in [-0.3, -0.25) is 0 Å². The monoisotopic (exact) mass is 603 g/mol. The highest BCUT2D eigenvalue weighted by Gasteiger charge is 2.25. The number of hydrogen-bond acceptors (Lipinski definition) is 4. The van der Waals surface area contributed by atoms with Gasteiger partial charge in [-0.1, -0.05) is 140 Å². The Morgan fingerprint density at radius 3 is 1.94 bits per heavy atom. The summed E-state index contributed by atoms with van der Waals surface area (Å²) in [5.41, 5.74) is 9.23. The van der Waals surface area contributed by atoms with Crippen molar-refractivity contribution in [2.75, 3.05) is 0 Å². The molecule has 9 rings (SSSR count). The van der Waals surface area contributed by atoms with Gasteiger partial charge in [0.15, 0.2) is 5.84 Å². The zero-order valence-electron chi connectivity index (χ0n) is 25.5. The van der Waals surface area contributed by atoms with Crippen LogP contribution in [0.15, 0.2) is 178 Å². The van der Waals surface area contributed by atoms with E-state index in [4.69, 9.17) is 14.4 Å². The molecule has 1 N–H and O–H groups in total. The molecule has 0 saturated heterocycles. The third-order valence-corrected chi connectivity index (χ3v) is 8.92. The zero-order chi connectivity index (χ0) is 31.2. The fourth-order valence-electron chi connectivity index (χ4n) is 6.54. The SMILES string of the molecule is c1ccc(-c2ccc(-c3cc(C4=NC(c5ccc6ccccc6c5)=NC(c5ccccc5)N4)c4c(c3)oc3ccccc34)cc2)cc1. The van der Waals surface area contributed by atoms with E-state index >= 15 is 0 Å². The second-order valence-electron chi connectivity index (χ2n) is 11.9. The lowest BCUT2D eigenvalue weighted by Gasteiger charge is -2.24. The fourth-order valence-corrected chi connectivity index (χ4v) is 6.54. The van der Waals surface area contributed by atoms with Crippen LogP contribution in [0.3, 0.4) is 0 Å². The summed E-state index contributed by atoms with van der Waals surface area (Å²) < 4.78 is 6.50. The molecule has 1 atom stereocenters. The molecule has 222 valence electrons. The molecular formula is C43H29N3O. The fraction of sp³-hybridized carbons (Fsp3) is 0.0233. The third-order valence-electron chi connectivity index (χ3n) is 8.92. The maximum absolute atomic E-state index is 6.50. The van der Waals surface area contributed by atoms with Gasteiger partial charge in [0.05, 0.1) is 0 Å². The molecule has 0 spiro atoms. The van der Waals surface area contributed by atoms with Crippen LogP contribution in [0.5, 0.6) is 0 Å². The first-order valence-electron chi connectivity index (χ1n) is 15.9. The van der Waals surface area contributed by atoms with Gasteiger partial charge in [0, 0.05) is 21.9 Å². The van der Waals surface area contributed by atoms with E-state index in [9.17, 15) is 0 Å². The first kappa shape index (κ1) is 27.1.